The molecule has 0 saturated carbocycles. The monoisotopic (exact) mass is 480 g/mol. The molecule has 0 atom stereocenters. The molecule has 0 rings (SSSR count). The van der Waals surface area contributed by atoms with Crippen molar-refractivity contribution in [3.05, 3.63) is 0 Å². The topological polar surface area (TPSA) is 0 Å². The van der Waals surface area contributed by atoms with Crippen LogP contribution in [-0.4, -0.2) is 0 Å². The summed E-state index contributed by atoms with van der Waals surface area (Å²) in [5.41, 5.74) is 0. The van der Waals surface area contributed by atoms with Crippen molar-refractivity contribution in [3.8, 4) is 0 Å². The van der Waals surface area contributed by atoms with E-state index >= 15 is 0 Å². The van der Waals surface area contributed by atoms with Gasteiger partial charge in [-0.1, -0.05) is 13.8 Å². The molecule has 0 aliphatic carbocycles. The number of unbranched alkanes of at least 4 members (excludes halogenated alkanes) is 20. The molecule has 0 aliphatic rings. The Bertz CT molecular complexity index is 214. The summed E-state index contributed by atoms with van der Waals surface area (Å²) in [6.07, 6.45) is 32.9. The fourth-order valence-electron chi connectivity index (χ4n) is 4.21. The number of hydrogen-bond donors (Lipinski definition) is 0. The van der Waals surface area contributed by atoms with Gasteiger partial charge in [0.15, 0.2) is 0 Å². The molecule has 0 bridgehead atoms. The first-order valence-electron chi connectivity index (χ1n) is 13.4. The van der Waals surface area contributed by atoms with Crippen molar-refractivity contribution < 1.29 is 24.2 Å². The fraction of sp³-hybridized carbons (Fsp3) is 1.00. The van der Waals surface area contributed by atoms with E-state index < -0.39 is 0 Å². The van der Waals surface area contributed by atoms with Gasteiger partial charge in [-0.25, -0.2) is 0 Å². The molecule has 0 saturated heterocycles. The van der Waals surface area contributed by atoms with Crippen LogP contribution in [0.25, 0.3) is 0 Å². The average Bonchev–Trinajstić information content (AvgIpc) is 2.68. The van der Waals surface area contributed by atoms with Crippen LogP contribution in [0.15, 0.2) is 0 Å². The van der Waals surface area contributed by atoms with Crippen molar-refractivity contribution >= 4 is 0 Å². The summed E-state index contributed by atoms with van der Waals surface area (Å²) in [4.78, 5) is 0. The molecule has 0 aromatic heterocycles. The second-order valence-corrected chi connectivity index (χ2v) is 15.2. The molecule has 0 spiro atoms. The van der Waals surface area contributed by atoms with Gasteiger partial charge < -0.3 is 0 Å². The van der Waals surface area contributed by atoms with Crippen molar-refractivity contribution in [3.63, 3.8) is 0 Å². The van der Waals surface area contributed by atoms with Gasteiger partial charge in [-0.15, -0.1) is 0 Å². The Morgan fingerprint density at radius 1 is 0.296 bits per heavy atom. The van der Waals surface area contributed by atoms with E-state index in [4.69, 9.17) is 0 Å². The van der Waals surface area contributed by atoms with Crippen LogP contribution in [0.1, 0.15) is 155 Å². The molecule has 0 radical (unpaired) electrons. The zero-order valence-electron chi connectivity index (χ0n) is 19.7. The van der Waals surface area contributed by atoms with Crippen LogP contribution in [0, 0.1) is 0 Å². The summed E-state index contributed by atoms with van der Waals surface area (Å²) in [6, 6.07) is 0. The predicted molar refractivity (Wildman–Crippen MR) is 123 cm³/mol. The maximum absolute atomic E-state index is 2.31. The first kappa shape index (κ1) is 27.9. The van der Waals surface area contributed by atoms with E-state index in [1.165, 1.54) is 116 Å². The molecule has 1 heteroatoms. The Morgan fingerprint density at radius 3 is 0.778 bits per heavy atom. The molecular formula is C26H54Cd. The molecule has 0 N–H and O–H groups in total. The van der Waals surface area contributed by atoms with E-state index in [9.17, 15) is 0 Å². The van der Waals surface area contributed by atoms with Crippen LogP contribution < -0.4 is 0 Å². The minimum atomic E-state index is -0.313. The van der Waals surface area contributed by atoms with Crippen LogP contribution >= 0.6 is 0 Å². The van der Waals surface area contributed by atoms with Gasteiger partial charge in [-0.3, -0.25) is 0 Å². The summed E-state index contributed by atoms with van der Waals surface area (Å²) in [7, 11) is 0. The second-order valence-electron chi connectivity index (χ2n) is 9.13. The molecule has 0 amide bonds. The smallest absolute Gasteiger partial charge is 0.0654 e. The van der Waals surface area contributed by atoms with Gasteiger partial charge in [0.05, 0.1) is 0 Å². The average molecular weight is 479 g/mol. The minimum absolute atomic E-state index is 0.313. The molecule has 0 nitrogen and oxygen atoms in total. The Labute approximate surface area is 186 Å². The Balaban J connectivity index is 2.95. The van der Waals surface area contributed by atoms with Crippen molar-refractivity contribution in [1.82, 2.24) is 0 Å². The summed E-state index contributed by atoms with van der Waals surface area (Å²) in [6.45, 7) is 4.62. The normalized spacial score (nSPS) is 11.0. The molecule has 0 aliphatic heterocycles. The third kappa shape index (κ3) is 26.9. The van der Waals surface area contributed by atoms with Gasteiger partial charge in [0.1, 0.15) is 0 Å². The van der Waals surface area contributed by atoms with E-state index in [2.05, 4.69) is 13.8 Å². The van der Waals surface area contributed by atoms with Crippen LogP contribution in [0.5, 0.6) is 0 Å². The van der Waals surface area contributed by atoms with E-state index in [1.54, 1.807) is 33.6 Å². The Kier molecular flexibility index (Phi) is 27.8. The van der Waals surface area contributed by atoms with E-state index in [0.29, 0.717) is 0 Å². The second kappa shape index (κ2) is 26.9. The van der Waals surface area contributed by atoms with E-state index in [1.807, 2.05) is 0 Å². The Morgan fingerprint density at radius 2 is 0.519 bits per heavy atom. The summed E-state index contributed by atoms with van der Waals surface area (Å²) >= 11 is -0.313. The van der Waals surface area contributed by atoms with Gasteiger partial charge in [-0.2, -0.15) is 0 Å². The van der Waals surface area contributed by atoms with Crippen LogP contribution in [0.3, 0.4) is 0 Å². The van der Waals surface area contributed by atoms with Crippen molar-refractivity contribution in [2.75, 3.05) is 0 Å². The van der Waals surface area contributed by atoms with Crippen LogP contribution in [-0.2, 0) is 24.2 Å². The molecule has 0 heterocycles. The number of rotatable bonds is 24. The van der Waals surface area contributed by atoms with Gasteiger partial charge in [-0.05, 0) is 0 Å². The van der Waals surface area contributed by atoms with Gasteiger partial charge in [0.25, 0.3) is 0 Å². The molecular weight excluding hydrogens is 425 g/mol. The van der Waals surface area contributed by atoms with E-state index in [0.717, 1.165) is 0 Å². The van der Waals surface area contributed by atoms with Gasteiger partial charge >= 0.3 is 173 Å². The minimum Gasteiger partial charge on any atom is -0.0654 e. The SMILES string of the molecule is CCCCCCCCCCCC[CH2][Cd][CH2]CCCCCCCCCCCC. The zero-order valence-corrected chi connectivity index (χ0v) is 23.7. The summed E-state index contributed by atoms with van der Waals surface area (Å²) in [5, 5.41) is 0. The molecule has 27 heavy (non-hydrogen) atoms. The maximum atomic E-state index is 2.31. The third-order valence-corrected chi connectivity index (χ3v) is 11.9. The summed E-state index contributed by atoms with van der Waals surface area (Å²) < 4.78 is 3.41. The van der Waals surface area contributed by atoms with Gasteiger partial charge in [0.2, 0.25) is 0 Å². The van der Waals surface area contributed by atoms with Crippen molar-refractivity contribution in [2.24, 2.45) is 0 Å². The molecule has 0 aromatic carbocycles. The number of hydrogen-bond acceptors (Lipinski definition) is 0. The van der Waals surface area contributed by atoms with E-state index in [-0.39, 0.29) is 24.2 Å². The zero-order chi connectivity index (χ0) is 19.7. The van der Waals surface area contributed by atoms with Gasteiger partial charge in [0, 0.05) is 0 Å². The first-order valence-corrected chi connectivity index (χ1v) is 19.1. The predicted octanol–water partition coefficient (Wildman–Crippen LogP) is 10.5. The molecule has 0 aromatic rings. The molecule has 160 valence electrons. The Hall–Kier alpha value is 0.922. The fourth-order valence-corrected chi connectivity index (χ4v) is 9.26. The first-order chi connectivity index (χ1) is 13.4. The third-order valence-electron chi connectivity index (χ3n) is 6.21. The molecule has 0 fully saturated rings. The standard InChI is InChI=1S/2C13H27.Cd/c2*1-3-5-7-9-11-13-12-10-8-6-4-2;/h2*1,3-13H2,2H3;. The van der Waals surface area contributed by atoms with Crippen molar-refractivity contribution in [2.45, 2.75) is 163 Å². The quantitative estimate of drug-likeness (QED) is 0.0955. The summed E-state index contributed by atoms with van der Waals surface area (Å²) in [5.74, 6) is 0. The molecule has 0 unspecified atom stereocenters. The van der Waals surface area contributed by atoms with Crippen LogP contribution in [0.4, 0.5) is 0 Å². The van der Waals surface area contributed by atoms with Crippen molar-refractivity contribution in [1.29, 1.82) is 0 Å². The van der Waals surface area contributed by atoms with Crippen LogP contribution in [0.2, 0.25) is 7.96 Å².